The van der Waals surface area contributed by atoms with Crippen molar-refractivity contribution >= 4 is 18.5 Å². The maximum absolute atomic E-state index is 10.4. The minimum absolute atomic E-state index is 0.0797. The minimum atomic E-state index is -0.878. The first-order chi connectivity index (χ1) is 7.74. The Bertz CT molecular complexity index is 193. The van der Waals surface area contributed by atoms with E-state index in [4.69, 9.17) is 11.7 Å². The van der Waals surface area contributed by atoms with Crippen molar-refractivity contribution in [3.8, 4) is 0 Å². The zero-order chi connectivity index (χ0) is 13.4. The summed E-state index contributed by atoms with van der Waals surface area (Å²) in [5.74, 6) is -1.41. The van der Waals surface area contributed by atoms with Gasteiger partial charge in [-0.3, -0.25) is 22.6 Å². The average molecular weight is 419 g/mol. The van der Waals surface area contributed by atoms with E-state index in [2.05, 4.69) is 0 Å². The first-order valence-electron chi connectivity index (χ1n) is 3.67. The third kappa shape index (κ3) is 16.3. The van der Waals surface area contributed by atoms with Crippen molar-refractivity contribution in [2.45, 2.75) is 19.3 Å². The molecule has 0 heterocycles. The van der Waals surface area contributed by atoms with Crippen LogP contribution < -0.4 is 5.48 Å². The van der Waals surface area contributed by atoms with Gasteiger partial charge in [0, 0.05) is 6.42 Å². The summed E-state index contributed by atoms with van der Waals surface area (Å²) in [5, 5.41) is 8.06. The van der Waals surface area contributed by atoms with Crippen LogP contribution in [0.2, 0.25) is 0 Å². The fourth-order valence-corrected chi connectivity index (χ4v) is 0.665. The normalized spacial score (nSPS) is 7.88. The van der Waals surface area contributed by atoms with Gasteiger partial charge in [0.05, 0.1) is 0 Å². The van der Waals surface area contributed by atoms with Gasteiger partial charge in [-0.2, -0.15) is 0 Å². The molecule has 102 valence electrons. The molecule has 9 heteroatoms. The predicted molar refractivity (Wildman–Crippen MR) is 40.0 cm³/mol. The van der Waals surface area contributed by atoms with E-state index in [0.717, 1.165) is 0 Å². The Balaban J connectivity index is -0.000000376. The molecule has 0 aliphatic heterocycles. The molecule has 0 radical (unpaired) electrons. The zero-order valence-corrected chi connectivity index (χ0v) is 10.8. The van der Waals surface area contributed by atoms with Crippen LogP contribution in [-0.2, 0) is 63.0 Å². The van der Waals surface area contributed by atoms with Crippen molar-refractivity contribution in [2.75, 3.05) is 0 Å². The van der Waals surface area contributed by atoms with Crippen LogP contribution in [0.3, 0.4) is 0 Å². The second-order valence-electron chi connectivity index (χ2n) is 2.22. The van der Waals surface area contributed by atoms with Crippen LogP contribution in [0.1, 0.15) is 19.3 Å². The average Bonchev–Trinajstić information content (AvgIpc) is 2.39. The van der Waals surface area contributed by atoms with Gasteiger partial charge in [-0.15, -0.1) is 0 Å². The molecular formula is C7H9Ag2NO6-2. The Morgan fingerprint density at radius 1 is 1.19 bits per heavy atom. The van der Waals surface area contributed by atoms with Crippen molar-refractivity contribution in [1.82, 2.24) is 5.48 Å². The molecule has 0 saturated heterocycles. The Kier molecular flexibility index (Phi) is 26.8. The second kappa shape index (κ2) is 20.3. The molecule has 0 spiro atoms. The number of carbonyl (C=O) groups is 1. The van der Waals surface area contributed by atoms with E-state index in [-0.39, 0.29) is 12.8 Å². The molecule has 0 aromatic carbocycles. The number of nitrogens with one attached hydrogen (secondary N) is 1. The van der Waals surface area contributed by atoms with E-state index >= 15 is 0 Å². The van der Waals surface area contributed by atoms with Crippen molar-refractivity contribution < 1.29 is 68.2 Å². The number of hydrogen-bond donors (Lipinski definition) is 2. The molecule has 16 heavy (non-hydrogen) atoms. The molecule has 7 nitrogen and oxygen atoms in total. The van der Waals surface area contributed by atoms with Crippen LogP contribution in [0.15, 0.2) is 0 Å². The van der Waals surface area contributed by atoms with Crippen LogP contribution >= 0.6 is 0 Å². The summed E-state index contributed by atoms with van der Waals surface area (Å²) in [5.41, 5.74) is 1.44. The number of hydrogen-bond acceptors (Lipinski definition) is 6. The predicted octanol–water partition coefficient (Wildman–Crippen LogP) is -0.745. The number of rotatable bonds is 6. The molecule has 2 N–H and O–H groups in total. The van der Waals surface area contributed by atoms with Gasteiger partial charge in [-0.1, -0.05) is 6.42 Å². The van der Waals surface area contributed by atoms with Crippen molar-refractivity contribution in [3.63, 3.8) is 0 Å². The molecule has 0 aliphatic rings. The fourth-order valence-electron chi connectivity index (χ4n) is 0.665. The van der Waals surface area contributed by atoms with Crippen LogP contribution in [-0.4, -0.2) is 23.7 Å². The third-order valence-electron chi connectivity index (χ3n) is 1.31. The summed E-state index contributed by atoms with van der Waals surface area (Å²) in [6.07, 6.45) is 3.62. The van der Waals surface area contributed by atoms with Gasteiger partial charge in [0.1, 0.15) is 0 Å². The quantitative estimate of drug-likeness (QED) is 0.193. The van der Waals surface area contributed by atoms with Gasteiger partial charge in [-0.05, 0) is 6.42 Å². The van der Waals surface area contributed by atoms with Gasteiger partial charge in [0.25, 0.3) is 0 Å². The van der Waals surface area contributed by atoms with Crippen LogP contribution in [0, 0.1) is 5.92 Å². The fraction of sp³-hybridized carbons (Fsp3) is 0.571. The monoisotopic (exact) mass is 417 g/mol. The second-order valence-corrected chi connectivity index (χ2v) is 2.22. The van der Waals surface area contributed by atoms with E-state index in [1.54, 1.807) is 42.1 Å². The van der Waals surface area contributed by atoms with Crippen molar-refractivity contribution in [1.29, 1.82) is 0 Å². The SMILES string of the molecule is O=[C-]C([C-]=O)CCCC(=O)NO.[O]=[Ag].[O]=[Ag]. The molecule has 0 bridgehead atoms. The summed E-state index contributed by atoms with van der Waals surface area (Å²) >= 11 is 3.40. The zero-order valence-electron chi connectivity index (χ0n) is 7.79. The molecule has 0 aromatic heterocycles. The van der Waals surface area contributed by atoms with Gasteiger partial charge >= 0.3 is 48.6 Å². The third-order valence-corrected chi connectivity index (χ3v) is 1.31. The van der Waals surface area contributed by atoms with Crippen molar-refractivity contribution in [3.05, 3.63) is 0 Å². The number of amides is 1. The standard InChI is InChI=1S/C7H9NO4.2Ag.2O/c9-4-6(5-10)2-1-3-7(11)8-12;;;;/h6,12H,1-3H2,(H,8,11);;;;/q-2;;;;. The van der Waals surface area contributed by atoms with E-state index in [9.17, 15) is 14.4 Å². The molecule has 0 aliphatic carbocycles. The molecule has 0 aromatic rings. The number of carbonyl (C=O) groups excluding carboxylic acids is 3. The topological polar surface area (TPSA) is 118 Å². The maximum atomic E-state index is 10.4. The molecule has 0 saturated carbocycles. The van der Waals surface area contributed by atoms with E-state index in [0.29, 0.717) is 6.42 Å². The Hall–Kier alpha value is -0.149. The van der Waals surface area contributed by atoms with Crippen LogP contribution in [0.25, 0.3) is 0 Å². The summed E-state index contributed by atoms with van der Waals surface area (Å²) in [7, 11) is 0. The van der Waals surface area contributed by atoms with E-state index in [1.807, 2.05) is 0 Å². The summed E-state index contributed by atoms with van der Waals surface area (Å²) in [4.78, 5) is 30.3. The van der Waals surface area contributed by atoms with Gasteiger partial charge < -0.3 is 9.59 Å². The summed E-state index contributed by atoms with van der Waals surface area (Å²) in [6, 6.07) is 0. The molecule has 1 amide bonds. The Labute approximate surface area is 117 Å². The molecule has 0 atom stereocenters. The van der Waals surface area contributed by atoms with Crippen LogP contribution in [0.4, 0.5) is 0 Å². The summed E-state index contributed by atoms with van der Waals surface area (Å²) in [6.45, 7) is 0. The number of hydroxylamine groups is 1. The Morgan fingerprint density at radius 3 is 1.94 bits per heavy atom. The summed E-state index contributed by atoms with van der Waals surface area (Å²) < 4.78 is 16.1. The van der Waals surface area contributed by atoms with E-state index in [1.165, 1.54) is 18.1 Å². The Morgan fingerprint density at radius 2 is 1.62 bits per heavy atom. The van der Waals surface area contributed by atoms with Crippen molar-refractivity contribution in [2.24, 2.45) is 5.92 Å². The van der Waals surface area contributed by atoms with Gasteiger partial charge in [-0.25, -0.2) is 11.4 Å². The van der Waals surface area contributed by atoms with Gasteiger partial charge in [0.15, 0.2) is 0 Å². The molecular weight excluding hydrogens is 410 g/mol. The molecule has 0 fully saturated rings. The van der Waals surface area contributed by atoms with E-state index < -0.39 is 11.8 Å². The molecule has 0 rings (SSSR count). The van der Waals surface area contributed by atoms with Crippen LogP contribution in [0.5, 0.6) is 0 Å². The van der Waals surface area contributed by atoms with Gasteiger partial charge in [0.2, 0.25) is 5.91 Å². The molecule has 0 unspecified atom stereocenters. The first kappa shape index (κ1) is 21.2. The first-order valence-corrected chi connectivity index (χ1v) is 4.88.